The van der Waals surface area contributed by atoms with Gasteiger partial charge in [0.15, 0.2) is 5.82 Å². The second-order valence-electron chi connectivity index (χ2n) is 4.51. The molecule has 6 heteroatoms. The molecule has 1 heterocycles. The van der Waals surface area contributed by atoms with Gasteiger partial charge in [-0.15, -0.1) is 4.94 Å². The van der Waals surface area contributed by atoms with Gasteiger partial charge in [0.2, 0.25) is 0 Å². The van der Waals surface area contributed by atoms with E-state index in [-0.39, 0.29) is 5.82 Å². The second-order valence-corrected chi connectivity index (χ2v) is 4.51. The molecule has 21 heavy (non-hydrogen) atoms. The van der Waals surface area contributed by atoms with Crippen LogP contribution >= 0.6 is 0 Å². The predicted molar refractivity (Wildman–Crippen MR) is 76.7 cm³/mol. The number of hydrogen-bond donors (Lipinski definition) is 2. The fourth-order valence-electron chi connectivity index (χ4n) is 1.90. The summed E-state index contributed by atoms with van der Waals surface area (Å²) in [5, 5.41) is 11.1. The highest BCUT2D eigenvalue weighted by Gasteiger charge is 2.20. The highest BCUT2D eigenvalue weighted by molar-refractivity contribution is 5.51. The van der Waals surface area contributed by atoms with E-state index in [4.69, 9.17) is 15.4 Å². The monoisotopic (exact) mass is 285 g/mol. The Morgan fingerprint density at radius 1 is 1.10 bits per heavy atom. The van der Waals surface area contributed by atoms with Gasteiger partial charge in [-0.25, -0.2) is 0 Å². The molecule has 0 spiro atoms. The van der Waals surface area contributed by atoms with E-state index in [1.165, 1.54) is 11.3 Å². The average molecular weight is 285 g/mol. The summed E-state index contributed by atoms with van der Waals surface area (Å²) in [4.78, 5) is 5.03. The molecule has 1 aliphatic heterocycles. The minimum Gasteiger partial charge on any atom is -0.489 e. The molecule has 3 N–H and O–H groups in total. The number of ether oxygens (including phenoxy) is 1. The van der Waals surface area contributed by atoms with Crippen molar-refractivity contribution in [2.75, 3.05) is 5.06 Å². The van der Waals surface area contributed by atoms with Crippen LogP contribution in [0.3, 0.4) is 0 Å². The van der Waals surface area contributed by atoms with Gasteiger partial charge in [-0.05, 0) is 17.7 Å². The van der Waals surface area contributed by atoms with Gasteiger partial charge in [0.25, 0.3) is 0 Å². The number of anilines is 1. The Balaban J connectivity index is 1.69. The largest absolute Gasteiger partial charge is 0.489 e. The molecule has 0 saturated heterocycles. The number of benzene rings is 2. The normalized spacial score (nSPS) is 14.2. The van der Waals surface area contributed by atoms with Crippen LogP contribution in [-0.2, 0) is 11.5 Å². The van der Waals surface area contributed by atoms with Crippen LogP contribution in [0.15, 0.2) is 66.6 Å². The van der Waals surface area contributed by atoms with Crippen molar-refractivity contribution in [2.24, 2.45) is 5.73 Å². The number of hydroxylamine groups is 3. The first-order valence-corrected chi connectivity index (χ1v) is 6.43. The maximum atomic E-state index is 9.30. The first kappa shape index (κ1) is 13.3. The van der Waals surface area contributed by atoms with Crippen LogP contribution in [-0.4, -0.2) is 10.4 Å². The quantitative estimate of drug-likeness (QED) is 0.898. The molecular formula is C15H15N3O3. The molecule has 0 radical (unpaired) electrons. The maximum absolute atomic E-state index is 9.30. The summed E-state index contributed by atoms with van der Waals surface area (Å²) < 4.78 is 5.74. The van der Waals surface area contributed by atoms with Crippen molar-refractivity contribution in [3.63, 3.8) is 0 Å². The molecule has 0 saturated carbocycles. The number of nitrogens with zero attached hydrogens (tertiary/aromatic N) is 2. The van der Waals surface area contributed by atoms with Crippen LogP contribution in [0.2, 0.25) is 0 Å². The minimum atomic E-state index is 0.102. The lowest BCUT2D eigenvalue weighted by atomic mass is 10.2. The van der Waals surface area contributed by atoms with Gasteiger partial charge in [-0.1, -0.05) is 41.6 Å². The topological polar surface area (TPSA) is 71.2 Å². The number of nitrogens with two attached hydrogens (primary N) is 1. The van der Waals surface area contributed by atoms with Crippen molar-refractivity contribution in [3.8, 4) is 5.75 Å². The summed E-state index contributed by atoms with van der Waals surface area (Å²) in [6, 6.07) is 17.2. The molecule has 0 aromatic heterocycles. The first-order chi connectivity index (χ1) is 10.2. The van der Waals surface area contributed by atoms with E-state index >= 15 is 0 Å². The van der Waals surface area contributed by atoms with Crippen molar-refractivity contribution in [2.45, 2.75) is 6.61 Å². The van der Waals surface area contributed by atoms with Crippen LogP contribution in [0, 0.1) is 0 Å². The highest BCUT2D eigenvalue weighted by Crippen LogP contribution is 2.25. The molecule has 3 rings (SSSR count). The lowest BCUT2D eigenvalue weighted by Gasteiger charge is -2.16. The summed E-state index contributed by atoms with van der Waals surface area (Å²) in [7, 11) is 0. The maximum Gasteiger partial charge on any atom is 0.176 e. The van der Waals surface area contributed by atoms with Crippen molar-refractivity contribution in [1.29, 1.82) is 0 Å². The first-order valence-electron chi connectivity index (χ1n) is 6.43. The average Bonchev–Trinajstić information content (AvgIpc) is 2.86. The summed E-state index contributed by atoms with van der Waals surface area (Å²) >= 11 is 0. The van der Waals surface area contributed by atoms with E-state index in [1.54, 1.807) is 6.07 Å². The smallest absolute Gasteiger partial charge is 0.176 e. The standard InChI is InChI=1S/C15H15N3O3/c16-15-10-17(21-18(15)19)13-7-4-8-14(9-13)20-11-12-5-2-1-3-6-12/h1-10,19H,11,16H2. The highest BCUT2D eigenvalue weighted by atomic mass is 17.0. The van der Waals surface area contributed by atoms with E-state index in [2.05, 4.69) is 0 Å². The van der Waals surface area contributed by atoms with Gasteiger partial charge in [0, 0.05) is 6.07 Å². The molecule has 0 atom stereocenters. The third kappa shape index (κ3) is 3.07. The van der Waals surface area contributed by atoms with Gasteiger partial charge in [0.05, 0.1) is 11.9 Å². The van der Waals surface area contributed by atoms with Crippen LogP contribution in [0.4, 0.5) is 5.69 Å². The SMILES string of the molecule is NC1=CN(c2cccc(OCc3ccccc3)c2)ON1O. The second kappa shape index (κ2) is 5.74. The summed E-state index contributed by atoms with van der Waals surface area (Å²) in [6.45, 7) is 0.481. The van der Waals surface area contributed by atoms with Crippen LogP contribution in [0.5, 0.6) is 5.75 Å². The van der Waals surface area contributed by atoms with Crippen molar-refractivity contribution in [3.05, 3.63) is 72.2 Å². The van der Waals surface area contributed by atoms with E-state index in [0.717, 1.165) is 5.56 Å². The lowest BCUT2D eigenvalue weighted by molar-refractivity contribution is -0.304. The Kier molecular flexibility index (Phi) is 3.63. The molecule has 1 aliphatic rings. The molecule has 2 aromatic rings. The molecule has 0 bridgehead atoms. The Labute approximate surface area is 122 Å². The lowest BCUT2D eigenvalue weighted by Crippen LogP contribution is -2.22. The molecule has 0 fully saturated rings. The minimum absolute atomic E-state index is 0.102. The molecular weight excluding hydrogens is 270 g/mol. The van der Waals surface area contributed by atoms with Gasteiger partial charge < -0.3 is 10.5 Å². The fraction of sp³-hybridized carbons (Fsp3) is 0.0667. The van der Waals surface area contributed by atoms with Crippen LogP contribution in [0.1, 0.15) is 5.56 Å². The van der Waals surface area contributed by atoms with E-state index in [0.29, 0.717) is 23.3 Å². The van der Waals surface area contributed by atoms with E-state index in [1.807, 2.05) is 48.5 Å². The Bertz CT molecular complexity index is 646. The fourth-order valence-corrected chi connectivity index (χ4v) is 1.90. The van der Waals surface area contributed by atoms with Gasteiger partial charge in [-0.2, -0.15) is 5.06 Å². The Morgan fingerprint density at radius 2 is 1.90 bits per heavy atom. The van der Waals surface area contributed by atoms with E-state index in [9.17, 15) is 5.21 Å². The molecule has 0 aliphatic carbocycles. The van der Waals surface area contributed by atoms with Crippen molar-refractivity contribution in [1.82, 2.24) is 5.23 Å². The molecule has 108 valence electrons. The predicted octanol–water partition coefficient (Wildman–Crippen LogP) is 2.38. The van der Waals surface area contributed by atoms with Gasteiger partial charge >= 0.3 is 0 Å². The summed E-state index contributed by atoms with van der Waals surface area (Å²) in [6.07, 6.45) is 1.47. The zero-order valence-electron chi connectivity index (χ0n) is 11.2. The van der Waals surface area contributed by atoms with Gasteiger partial charge in [0.1, 0.15) is 12.4 Å². The van der Waals surface area contributed by atoms with Crippen molar-refractivity contribution >= 4 is 5.69 Å². The molecule has 0 amide bonds. The molecule has 6 nitrogen and oxygen atoms in total. The van der Waals surface area contributed by atoms with Crippen LogP contribution < -0.4 is 15.5 Å². The summed E-state index contributed by atoms with van der Waals surface area (Å²) in [5.41, 5.74) is 7.30. The van der Waals surface area contributed by atoms with E-state index < -0.39 is 0 Å². The molecule has 0 unspecified atom stereocenters. The third-order valence-electron chi connectivity index (χ3n) is 2.96. The zero-order valence-corrected chi connectivity index (χ0v) is 11.2. The number of rotatable bonds is 4. The van der Waals surface area contributed by atoms with Crippen LogP contribution in [0.25, 0.3) is 0 Å². The van der Waals surface area contributed by atoms with Crippen molar-refractivity contribution < 1.29 is 14.9 Å². The summed E-state index contributed by atoms with van der Waals surface area (Å²) in [5.74, 6) is 0.800. The number of hydrogen-bond acceptors (Lipinski definition) is 6. The van der Waals surface area contributed by atoms with Gasteiger partial charge in [-0.3, -0.25) is 5.21 Å². The zero-order chi connectivity index (χ0) is 14.7. The molecule has 2 aromatic carbocycles. The third-order valence-corrected chi connectivity index (χ3v) is 2.96. The Hall–Kier alpha value is -2.70. The Morgan fingerprint density at radius 3 is 2.62 bits per heavy atom.